The Bertz CT molecular complexity index is 346. The molecule has 0 saturated heterocycles. The first-order chi connectivity index (χ1) is 6.16. The van der Waals surface area contributed by atoms with Crippen molar-refractivity contribution >= 4 is 6.29 Å². The van der Waals surface area contributed by atoms with Crippen LogP contribution in [0.1, 0.15) is 18.9 Å². The second-order valence-corrected chi connectivity index (χ2v) is 3.91. The van der Waals surface area contributed by atoms with Crippen molar-refractivity contribution in [3.05, 3.63) is 29.8 Å². The average Bonchev–Trinajstić information content (AvgIpc) is 2.79. The molecule has 1 aromatic carbocycles. The highest BCUT2D eigenvalue weighted by Crippen LogP contribution is 2.52. The Kier molecular flexibility index (Phi) is 1.65. The first-order valence-corrected chi connectivity index (χ1v) is 4.41. The summed E-state index contributed by atoms with van der Waals surface area (Å²) in [7, 11) is 0. The van der Waals surface area contributed by atoms with Crippen LogP contribution in [-0.2, 0) is 10.2 Å². The van der Waals surface area contributed by atoms with Crippen molar-refractivity contribution in [2.75, 3.05) is 0 Å². The zero-order valence-electron chi connectivity index (χ0n) is 7.53. The summed E-state index contributed by atoms with van der Waals surface area (Å²) in [5.41, 5.74) is 1.03. The highest BCUT2D eigenvalue weighted by atomic mass is 16.3. The molecule has 2 atom stereocenters. The number of aromatic hydroxyl groups is 1. The van der Waals surface area contributed by atoms with Gasteiger partial charge < -0.3 is 9.90 Å². The molecule has 2 nitrogen and oxygen atoms in total. The Morgan fingerprint density at radius 2 is 2.38 bits per heavy atom. The van der Waals surface area contributed by atoms with Crippen LogP contribution < -0.4 is 0 Å². The van der Waals surface area contributed by atoms with Crippen LogP contribution in [0.5, 0.6) is 5.75 Å². The van der Waals surface area contributed by atoms with Gasteiger partial charge in [-0.05, 0) is 24.1 Å². The van der Waals surface area contributed by atoms with Crippen LogP contribution in [-0.4, -0.2) is 11.4 Å². The molecule has 2 unspecified atom stereocenters. The Hall–Kier alpha value is -1.31. The van der Waals surface area contributed by atoms with Gasteiger partial charge in [-0.1, -0.05) is 19.1 Å². The van der Waals surface area contributed by atoms with Gasteiger partial charge in [0.15, 0.2) is 0 Å². The molecular weight excluding hydrogens is 164 g/mol. The molecule has 1 fully saturated rings. The van der Waals surface area contributed by atoms with E-state index in [0.717, 1.165) is 18.3 Å². The lowest BCUT2D eigenvalue weighted by molar-refractivity contribution is -0.109. The van der Waals surface area contributed by atoms with E-state index in [2.05, 4.69) is 6.92 Å². The van der Waals surface area contributed by atoms with E-state index in [1.54, 1.807) is 12.1 Å². The quantitative estimate of drug-likeness (QED) is 0.698. The molecule has 0 aromatic heterocycles. The van der Waals surface area contributed by atoms with Crippen LogP contribution in [0, 0.1) is 5.92 Å². The summed E-state index contributed by atoms with van der Waals surface area (Å²) in [6, 6.07) is 7.16. The molecule has 0 amide bonds. The van der Waals surface area contributed by atoms with Gasteiger partial charge in [0, 0.05) is 11.3 Å². The average molecular weight is 176 g/mol. The number of phenols is 1. The fraction of sp³-hybridized carbons (Fsp3) is 0.364. The number of carbonyl (C=O) groups is 1. The van der Waals surface area contributed by atoms with Crippen molar-refractivity contribution < 1.29 is 9.90 Å². The van der Waals surface area contributed by atoms with E-state index in [0.29, 0.717) is 0 Å². The number of phenolic OH excluding ortho intramolecular Hbond substituents is 1. The van der Waals surface area contributed by atoms with Gasteiger partial charge in [-0.3, -0.25) is 0 Å². The largest absolute Gasteiger partial charge is 0.508 e. The van der Waals surface area contributed by atoms with E-state index in [4.69, 9.17) is 0 Å². The molecule has 0 bridgehead atoms. The lowest BCUT2D eigenvalue weighted by Gasteiger charge is -2.09. The molecule has 1 aliphatic rings. The van der Waals surface area contributed by atoms with Crippen molar-refractivity contribution in [2.45, 2.75) is 18.8 Å². The number of rotatable bonds is 2. The first-order valence-electron chi connectivity index (χ1n) is 4.41. The maximum atomic E-state index is 10.6. The molecule has 1 N–H and O–H groups in total. The summed E-state index contributed by atoms with van der Waals surface area (Å²) in [6.07, 6.45) is 1.91. The van der Waals surface area contributed by atoms with Crippen molar-refractivity contribution in [1.82, 2.24) is 0 Å². The van der Waals surface area contributed by atoms with E-state index in [1.807, 2.05) is 12.1 Å². The maximum absolute atomic E-state index is 10.6. The Balaban J connectivity index is 2.32. The summed E-state index contributed by atoms with van der Waals surface area (Å²) in [5, 5.41) is 9.27. The molecule has 0 aliphatic heterocycles. The third kappa shape index (κ3) is 1.22. The van der Waals surface area contributed by atoms with Gasteiger partial charge in [-0.15, -0.1) is 0 Å². The van der Waals surface area contributed by atoms with E-state index in [9.17, 15) is 9.90 Å². The summed E-state index contributed by atoms with van der Waals surface area (Å²) < 4.78 is 0. The second-order valence-electron chi connectivity index (χ2n) is 3.91. The molecule has 2 rings (SSSR count). The molecular formula is C11H12O2. The molecule has 68 valence electrons. The van der Waals surface area contributed by atoms with Crippen LogP contribution in [0.3, 0.4) is 0 Å². The van der Waals surface area contributed by atoms with E-state index >= 15 is 0 Å². The molecule has 1 aliphatic carbocycles. The monoisotopic (exact) mass is 176 g/mol. The third-order valence-electron chi connectivity index (χ3n) is 2.97. The molecule has 2 heteroatoms. The van der Waals surface area contributed by atoms with Crippen LogP contribution in [0.25, 0.3) is 0 Å². The predicted octanol–water partition coefficient (Wildman–Crippen LogP) is 1.87. The standard InChI is InChI=1S/C11H12O2/c1-11(6-9(11)7-12)8-3-2-4-10(13)5-8/h2-5,7,9,13H,6H2,1H3. The lowest BCUT2D eigenvalue weighted by Crippen LogP contribution is -2.04. The molecule has 0 heterocycles. The summed E-state index contributed by atoms with van der Waals surface area (Å²) in [5.74, 6) is 0.407. The lowest BCUT2D eigenvalue weighted by atomic mass is 9.96. The topological polar surface area (TPSA) is 37.3 Å². The molecule has 1 aromatic rings. The van der Waals surface area contributed by atoms with Crippen molar-refractivity contribution in [2.24, 2.45) is 5.92 Å². The van der Waals surface area contributed by atoms with E-state index in [-0.39, 0.29) is 17.1 Å². The molecule has 0 radical (unpaired) electrons. The van der Waals surface area contributed by atoms with Gasteiger partial charge >= 0.3 is 0 Å². The summed E-state index contributed by atoms with van der Waals surface area (Å²) in [4.78, 5) is 10.6. The van der Waals surface area contributed by atoms with Gasteiger partial charge in [-0.2, -0.15) is 0 Å². The zero-order chi connectivity index (χ0) is 9.47. The Labute approximate surface area is 77.2 Å². The Morgan fingerprint density at radius 3 is 2.92 bits per heavy atom. The smallest absolute Gasteiger partial charge is 0.123 e. The van der Waals surface area contributed by atoms with Gasteiger partial charge in [0.2, 0.25) is 0 Å². The molecule has 1 saturated carbocycles. The van der Waals surface area contributed by atoms with Gasteiger partial charge in [0.05, 0.1) is 0 Å². The number of hydrogen-bond acceptors (Lipinski definition) is 2. The van der Waals surface area contributed by atoms with Crippen LogP contribution in [0.15, 0.2) is 24.3 Å². The zero-order valence-corrected chi connectivity index (χ0v) is 7.53. The van der Waals surface area contributed by atoms with Crippen LogP contribution >= 0.6 is 0 Å². The van der Waals surface area contributed by atoms with Gasteiger partial charge in [0.25, 0.3) is 0 Å². The minimum absolute atomic E-state index is 0.0273. The normalized spacial score (nSPS) is 31.3. The predicted molar refractivity (Wildman–Crippen MR) is 49.6 cm³/mol. The van der Waals surface area contributed by atoms with Crippen molar-refractivity contribution in [1.29, 1.82) is 0 Å². The minimum atomic E-state index is -0.0273. The third-order valence-corrected chi connectivity index (χ3v) is 2.97. The molecule has 0 spiro atoms. The van der Waals surface area contributed by atoms with Crippen molar-refractivity contribution in [3.8, 4) is 5.75 Å². The summed E-state index contributed by atoms with van der Waals surface area (Å²) >= 11 is 0. The highest BCUT2D eigenvalue weighted by molar-refractivity contribution is 5.64. The Morgan fingerprint density at radius 1 is 1.62 bits per heavy atom. The minimum Gasteiger partial charge on any atom is -0.508 e. The number of hydrogen-bond donors (Lipinski definition) is 1. The number of benzene rings is 1. The van der Waals surface area contributed by atoms with E-state index in [1.165, 1.54) is 0 Å². The summed E-state index contributed by atoms with van der Waals surface area (Å²) in [6.45, 7) is 2.06. The van der Waals surface area contributed by atoms with Crippen molar-refractivity contribution in [3.63, 3.8) is 0 Å². The van der Waals surface area contributed by atoms with Crippen LogP contribution in [0.4, 0.5) is 0 Å². The fourth-order valence-electron chi connectivity index (χ4n) is 1.79. The maximum Gasteiger partial charge on any atom is 0.123 e. The highest BCUT2D eigenvalue weighted by Gasteiger charge is 2.51. The van der Waals surface area contributed by atoms with Crippen LogP contribution in [0.2, 0.25) is 0 Å². The van der Waals surface area contributed by atoms with E-state index < -0.39 is 0 Å². The molecule has 13 heavy (non-hydrogen) atoms. The fourth-order valence-corrected chi connectivity index (χ4v) is 1.79. The second kappa shape index (κ2) is 2.59. The first kappa shape index (κ1) is 8.30. The number of aldehydes is 1. The number of carbonyl (C=O) groups excluding carboxylic acids is 1. The van der Waals surface area contributed by atoms with Gasteiger partial charge in [0.1, 0.15) is 12.0 Å². The SMILES string of the molecule is CC1(c2cccc(O)c2)CC1C=O. The van der Waals surface area contributed by atoms with Gasteiger partial charge in [-0.25, -0.2) is 0 Å².